The largest absolute Gasteiger partial charge is 0.479 e. The van der Waals surface area contributed by atoms with Crippen LogP contribution in [-0.4, -0.2) is 44.9 Å². The molecule has 1 atom stereocenters. The second-order valence-electron chi connectivity index (χ2n) is 3.21. The number of carboxylic acid groups (broad SMARTS) is 1. The summed E-state index contributed by atoms with van der Waals surface area (Å²) in [6.07, 6.45) is -1.62. The van der Waals surface area contributed by atoms with Crippen LogP contribution in [0.5, 0.6) is 0 Å². The van der Waals surface area contributed by atoms with Crippen molar-refractivity contribution in [3.63, 3.8) is 0 Å². The number of aromatic nitrogens is 2. The van der Waals surface area contributed by atoms with Crippen LogP contribution in [0, 0.1) is 0 Å². The number of rotatable bonds is 5. The molecule has 0 saturated carbocycles. The molecule has 0 aromatic carbocycles. The maximum atomic E-state index is 11.4. The van der Waals surface area contributed by atoms with Crippen LogP contribution in [0.25, 0.3) is 0 Å². The van der Waals surface area contributed by atoms with Crippen molar-refractivity contribution in [1.82, 2.24) is 15.5 Å². The van der Waals surface area contributed by atoms with Crippen LogP contribution >= 0.6 is 0 Å². The molecule has 0 spiro atoms. The Morgan fingerprint density at radius 1 is 1.47 bits per heavy atom. The van der Waals surface area contributed by atoms with Crippen molar-refractivity contribution < 1.29 is 19.8 Å². The highest BCUT2D eigenvalue weighted by atomic mass is 16.4. The highest BCUT2D eigenvalue weighted by molar-refractivity contribution is 5.91. The van der Waals surface area contributed by atoms with Gasteiger partial charge in [0.05, 0.1) is 0 Å². The number of hydrogen-bond acceptors (Lipinski definition) is 5. The Labute approximate surface area is 95.3 Å². The van der Waals surface area contributed by atoms with Crippen molar-refractivity contribution in [3.8, 4) is 0 Å². The first-order valence-electron chi connectivity index (χ1n) is 4.75. The standard InChI is InChI=1S/C9H11N3O5/c13-6(9(16)17)3-4-10-8(15)5-1-2-7(14)12-11-5/h1-2,6,13H,3-4H2,(H,10,15)(H,12,14)(H,16,17). The summed E-state index contributed by atoms with van der Waals surface area (Å²) in [5.41, 5.74) is -0.419. The van der Waals surface area contributed by atoms with E-state index in [4.69, 9.17) is 10.2 Å². The summed E-state index contributed by atoms with van der Waals surface area (Å²) in [4.78, 5) is 32.3. The van der Waals surface area contributed by atoms with E-state index in [9.17, 15) is 14.4 Å². The SMILES string of the molecule is O=C(NCCC(O)C(=O)O)c1ccc(=O)[nH]n1. The maximum Gasteiger partial charge on any atom is 0.332 e. The number of nitrogens with one attached hydrogen (secondary N) is 2. The minimum absolute atomic E-state index is 0.00684. The monoisotopic (exact) mass is 241 g/mol. The lowest BCUT2D eigenvalue weighted by atomic mass is 10.2. The van der Waals surface area contributed by atoms with Crippen molar-refractivity contribution in [2.75, 3.05) is 6.54 Å². The van der Waals surface area contributed by atoms with Gasteiger partial charge < -0.3 is 15.5 Å². The van der Waals surface area contributed by atoms with Gasteiger partial charge in [-0.2, -0.15) is 5.10 Å². The fraction of sp³-hybridized carbons (Fsp3) is 0.333. The molecular weight excluding hydrogens is 230 g/mol. The number of amides is 1. The van der Waals surface area contributed by atoms with Gasteiger partial charge >= 0.3 is 5.97 Å². The number of carbonyl (C=O) groups excluding carboxylic acids is 1. The van der Waals surface area contributed by atoms with Crippen LogP contribution in [0.15, 0.2) is 16.9 Å². The number of aromatic amines is 1. The molecule has 0 bridgehead atoms. The molecule has 0 aliphatic heterocycles. The highest BCUT2D eigenvalue weighted by Gasteiger charge is 2.13. The molecular formula is C9H11N3O5. The van der Waals surface area contributed by atoms with E-state index in [2.05, 4.69) is 15.5 Å². The molecule has 17 heavy (non-hydrogen) atoms. The van der Waals surface area contributed by atoms with Crippen LogP contribution in [0.2, 0.25) is 0 Å². The zero-order valence-corrected chi connectivity index (χ0v) is 8.71. The molecule has 0 aliphatic carbocycles. The number of carbonyl (C=O) groups is 2. The summed E-state index contributed by atoms with van der Waals surface area (Å²) in [6.45, 7) is -0.00684. The topological polar surface area (TPSA) is 132 Å². The second kappa shape index (κ2) is 5.75. The van der Waals surface area contributed by atoms with Gasteiger partial charge in [-0.25, -0.2) is 9.89 Å². The van der Waals surface area contributed by atoms with Crippen LogP contribution in [0.3, 0.4) is 0 Å². The third-order valence-corrected chi connectivity index (χ3v) is 1.90. The number of carboxylic acids is 1. The molecule has 8 heteroatoms. The number of aliphatic carboxylic acids is 1. The Kier molecular flexibility index (Phi) is 4.35. The van der Waals surface area contributed by atoms with Crippen LogP contribution in [-0.2, 0) is 4.79 Å². The smallest absolute Gasteiger partial charge is 0.332 e. The number of aliphatic hydroxyl groups excluding tert-OH is 1. The fourth-order valence-electron chi connectivity index (χ4n) is 1.01. The minimum atomic E-state index is -1.51. The molecule has 1 aromatic rings. The van der Waals surface area contributed by atoms with E-state index in [1.807, 2.05) is 0 Å². The molecule has 92 valence electrons. The van der Waals surface area contributed by atoms with Crippen LogP contribution in [0.1, 0.15) is 16.9 Å². The lowest BCUT2D eigenvalue weighted by Gasteiger charge is -2.06. The Bertz CT molecular complexity index is 449. The molecule has 4 N–H and O–H groups in total. The molecule has 1 unspecified atom stereocenters. The molecule has 0 aliphatic rings. The van der Waals surface area contributed by atoms with Crippen molar-refractivity contribution in [2.45, 2.75) is 12.5 Å². The summed E-state index contributed by atoms with van der Waals surface area (Å²) >= 11 is 0. The highest BCUT2D eigenvalue weighted by Crippen LogP contribution is 1.92. The number of nitrogens with zero attached hydrogens (tertiary/aromatic N) is 1. The van der Waals surface area contributed by atoms with Gasteiger partial charge in [0, 0.05) is 19.0 Å². The first kappa shape index (κ1) is 12.8. The summed E-state index contributed by atoms with van der Waals surface area (Å²) in [6, 6.07) is 2.38. The summed E-state index contributed by atoms with van der Waals surface area (Å²) in [7, 11) is 0. The Morgan fingerprint density at radius 3 is 2.71 bits per heavy atom. The normalized spacial score (nSPS) is 11.8. The zero-order chi connectivity index (χ0) is 12.8. The van der Waals surface area contributed by atoms with Gasteiger partial charge in [-0.15, -0.1) is 0 Å². The summed E-state index contributed by atoms with van der Waals surface area (Å²) < 4.78 is 0. The molecule has 0 saturated heterocycles. The van der Waals surface area contributed by atoms with Crippen LogP contribution in [0.4, 0.5) is 0 Å². The van der Waals surface area contributed by atoms with Crippen molar-refractivity contribution >= 4 is 11.9 Å². The summed E-state index contributed by atoms with van der Waals surface area (Å²) in [5.74, 6) is -1.90. The third kappa shape index (κ3) is 4.03. The van der Waals surface area contributed by atoms with Crippen molar-refractivity contribution in [2.24, 2.45) is 0 Å². The fourth-order valence-corrected chi connectivity index (χ4v) is 1.01. The van der Waals surface area contributed by atoms with Gasteiger partial charge in [-0.3, -0.25) is 9.59 Å². The number of hydrogen-bond donors (Lipinski definition) is 4. The zero-order valence-electron chi connectivity index (χ0n) is 8.71. The van der Waals surface area contributed by atoms with Gasteiger partial charge in [0.15, 0.2) is 6.10 Å². The molecule has 1 rings (SSSR count). The molecule has 1 aromatic heterocycles. The van der Waals surface area contributed by atoms with E-state index < -0.39 is 23.5 Å². The van der Waals surface area contributed by atoms with Crippen molar-refractivity contribution in [1.29, 1.82) is 0 Å². The Morgan fingerprint density at radius 2 is 2.18 bits per heavy atom. The average molecular weight is 241 g/mol. The van der Waals surface area contributed by atoms with Gasteiger partial charge in [0.2, 0.25) is 0 Å². The Balaban J connectivity index is 2.43. The maximum absolute atomic E-state index is 11.4. The van der Waals surface area contributed by atoms with Gasteiger partial charge in [0.1, 0.15) is 5.69 Å². The minimum Gasteiger partial charge on any atom is -0.479 e. The predicted molar refractivity (Wildman–Crippen MR) is 55.5 cm³/mol. The number of aliphatic hydroxyl groups is 1. The molecule has 1 heterocycles. The van der Waals surface area contributed by atoms with E-state index in [0.717, 1.165) is 6.07 Å². The van der Waals surface area contributed by atoms with Gasteiger partial charge in [0.25, 0.3) is 11.5 Å². The van der Waals surface area contributed by atoms with E-state index in [-0.39, 0.29) is 18.7 Å². The van der Waals surface area contributed by atoms with Crippen molar-refractivity contribution in [3.05, 3.63) is 28.2 Å². The molecule has 1 amide bonds. The predicted octanol–water partition coefficient (Wildman–Crippen LogP) is -1.66. The summed E-state index contributed by atoms with van der Waals surface area (Å²) in [5, 5.41) is 25.2. The lowest BCUT2D eigenvalue weighted by molar-refractivity contribution is -0.146. The second-order valence-corrected chi connectivity index (χ2v) is 3.21. The molecule has 0 radical (unpaired) electrons. The van der Waals surface area contributed by atoms with E-state index in [1.165, 1.54) is 6.07 Å². The van der Waals surface area contributed by atoms with Gasteiger partial charge in [-0.1, -0.05) is 0 Å². The molecule has 0 fully saturated rings. The number of H-pyrrole nitrogens is 1. The molecule has 8 nitrogen and oxygen atoms in total. The quantitative estimate of drug-likeness (QED) is 0.487. The average Bonchev–Trinajstić information content (AvgIpc) is 2.29. The van der Waals surface area contributed by atoms with Crippen LogP contribution < -0.4 is 10.9 Å². The van der Waals surface area contributed by atoms with E-state index >= 15 is 0 Å². The van der Waals surface area contributed by atoms with Gasteiger partial charge in [-0.05, 0) is 6.07 Å². The van der Waals surface area contributed by atoms with E-state index in [0.29, 0.717) is 0 Å². The lowest BCUT2D eigenvalue weighted by Crippen LogP contribution is -2.31. The Hall–Kier alpha value is -2.22. The third-order valence-electron chi connectivity index (χ3n) is 1.90. The first-order chi connectivity index (χ1) is 8.00. The van der Waals surface area contributed by atoms with E-state index in [1.54, 1.807) is 0 Å². The first-order valence-corrected chi connectivity index (χ1v) is 4.75.